The Bertz CT molecular complexity index is 1020. The number of carbonyl (C=O) groups excluding carboxylic acids is 1. The summed E-state index contributed by atoms with van der Waals surface area (Å²) < 4.78 is 5.22. The van der Waals surface area contributed by atoms with Gasteiger partial charge in [0.05, 0.1) is 11.5 Å². The minimum absolute atomic E-state index is 0.0301. The van der Waals surface area contributed by atoms with Crippen molar-refractivity contribution in [3.63, 3.8) is 0 Å². The first-order valence-electron chi connectivity index (χ1n) is 8.49. The topological polar surface area (TPSA) is 102 Å². The molecule has 0 saturated heterocycles. The number of aryl methyl sites for hydroxylation is 1. The van der Waals surface area contributed by atoms with Gasteiger partial charge in [-0.25, -0.2) is 0 Å². The number of hydrogen-bond donors (Lipinski definition) is 0. The van der Waals surface area contributed by atoms with Crippen LogP contribution in [0.1, 0.15) is 17.0 Å². The van der Waals surface area contributed by atoms with Gasteiger partial charge in [0.25, 0.3) is 5.69 Å². The quantitative estimate of drug-likeness (QED) is 0.369. The molecule has 3 rings (SSSR count). The normalized spacial score (nSPS) is 10.9. The molecule has 0 fully saturated rings. The molecule has 1 amide bonds. The zero-order chi connectivity index (χ0) is 20.1. The van der Waals surface area contributed by atoms with Crippen LogP contribution in [-0.4, -0.2) is 32.9 Å². The summed E-state index contributed by atoms with van der Waals surface area (Å²) in [6.07, 6.45) is 2.87. The number of nitro benzene ring substituents is 1. The lowest BCUT2D eigenvalue weighted by molar-refractivity contribution is -0.384. The molecule has 0 saturated carbocycles. The third kappa shape index (κ3) is 4.67. The summed E-state index contributed by atoms with van der Waals surface area (Å²) in [7, 11) is 1.61. The summed E-state index contributed by atoms with van der Waals surface area (Å²) in [6.45, 7) is 2.14. The van der Waals surface area contributed by atoms with Crippen LogP contribution in [0.15, 0.2) is 59.1 Å². The lowest BCUT2D eigenvalue weighted by atomic mass is 10.1. The number of benzene rings is 2. The molecule has 3 aromatic rings. The van der Waals surface area contributed by atoms with Gasteiger partial charge in [0, 0.05) is 30.8 Å². The second kappa shape index (κ2) is 8.26. The molecule has 8 nitrogen and oxygen atoms in total. The first-order valence-corrected chi connectivity index (χ1v) is 8.49. The lowest BCUT2D eigenvalue weighted by Gasteiger charge is -2.11. The number of hydrogen-bond acceptors (Lipinski definition) is 6. The van der Waals surface area contributed by atoms with Gasteiger partial charge in [0.15, 0.2) is 0 Å². The molecule has 28 heavy (non-hydrogen) atoms. The fourth-order valence-corrected chi connectivity index (χ4v) is 2.46. The van der Waals surface area contributed by atoms with E-state index in [4.69, 9.17) is 4.52 Å². The van der Waals surface area contributed by atoms with Crippen LogP contribution in [0, 0.1) is 17.0 Å². The molecule has 2 aromatic carbocycles. The Morgan fingerprint density at radius 1 is 1.25 bits per heavy atom. The predicted molar refractivity (Wildman–Crippen MR) is 103 cm³/mol. The average molecular weight is 378 g/mol. The van der Waals surface area contributed by atoms with Crippen molar-refractivity contribution >= 4 is 17.7 Å². The molecule has 1 heterocycles. The van der Waals surface area contributed by atoms with Crippen LogP contribution in [0.3, 0.4) is 0 Å². The van der Waals surface area contributed by atoms with Gasteiger partial charge in [-0.3, -0.25) is 14.9 Å². The molecular weight excluding hydrogens is 360 g/mol. The van der Waals surface area contributed by atoms with Gasteiger partial charge in [-0.1, -0.05) is 47.1 Å². The van der Waals surface area contributed by atoms with E-state index in [0.717, 1.165) is 11.1 Å². The highest BCUT2D eigenvalue weighted by molar-refractivity contribution is 5.91. The van der Waals surface area contributed by atoms with Crippen LogP contribution >= 0.6 is 0 Å². The monoisotopic (exact) mass is 378 g/mol. The van der Waals surface area contributed by atoms with Crippen molar-refractivity contribution in [2.24, 2.45) is 0 Å². The van der Waals surface area contributed by atoms with Crippen molar-refractivity contribution in [1.29, 1.82) is 0 Å². The summed E-state index contributed by atoms with van der Waals surface area (Å²) in [4.78, 5) is 28.3. The van der Waals surface area contributed by atoms with E-state index >= 15 is 0 Å². The average Bonchev–Trinajstić information content (AvgIpc) is 3.15. The van der Waals surface area contributed by atoms with Crippen LogP contribution in [0.5, 0.6) is 0 Å². The fourth-order valence-electron chi connectivity index (χ4n) is 2.46. The first kappa shape index (κ1) is 19.0. The van der Waals surface area contributed by atoms with E-state index in [-0.39, 0.29) is 18.1 Å². The van der Waals surface area contributed by atoms with Crippen molar-refractivity contribution in [2.75, 3.05) is 7.05 Å². The Hall–Kier alpha value is -3.81. The van der Waals surface area contributed by atoms with Crippen LogP contribution in [0.4, 0.5) is 5.69 Å². The minimum Gasteiger partial charge on any atom is -0.337 e. The van der Waals surface area contributed by atoms with Gasteiger partial charge >= 0.3 is 0 Å². The van der Waals surface area contributed by atoms with E-state index in [1.807, 2.05) is 31.2 Å². The Labute approximate surface area is 161 Å². The SMILES string of the molecule is Cc1ccc(-c2noc(CN(C)C(=O)/C=C/c3cccc([N+](=O)[O-])c3)n2)cc1. The summed E-state index contributed by atoms with van der Waals surface area (Å²) in [5, 5.41) is 14.7. The Morgan fingerprint density at radius 2 is 2.00 bits per heavy atom. The molecule has 0 radical (unpaired) electrons. The first-order chi connectivity index (χ1) is 13.4. The zero-order valence-corrected chi connectivity index (χ0v) is 15.4. The number of non-ortho nitro benzene ring substituents is 1. The van der Waals surface area contributed by atoms with Gasteiger partial charge in [-0.2, -0.15) is 4.98 Å². The Kier molecular flexibility index (Phi) is 5.59. The molecule has 8 heteroatoms. The molecule has 0 aliphatic heterocycles. The van der Waals surface area contributed by atoms with Gasteiger partial charge in [0.2, 0.25) is 17.6 Å². The van der Waals surface area contributed by atoms with Crippen molar-refractivity contribution in [3.8, 4) is 11.4 Å². The number of nitrogens with zero attached hydrogens (tertiary/aromatic N) is 4. The van der Waals surface area contributed by atoms with E-state index in [1.165, 1.54) is 29.2 Å². The third-order valence-electron chi connectivity index (χ3n) is 4.03. The van der Waals surface area contributed by atoms with E-state index < -0.39 is 4.92 Å². The maximum Gasteiger partial charge on any atom is 0.270 e. The number of nitro groups is 1. The number of rotatable bonds is 6. The van der Waals surface area contributed by atoms with Gasteiger partial charge in [0.1, 0.15) is 0 Å². The number of aromatic nitrogens is 2. The highest BCUT2D eigenvalue weighted by atomic mass is 16.6. The molecule has 0 unspecified atom stereocenters. The van der Waals surface area contributed by atoms with Crippen LogP contribution in [0.2, 0.25) is 0 Å². The smallest absolute Gasteiger partial charge is 0.270 e. The van der Waals surface area contributed by atoms with E-state index in [1.54, 1.807) is 19.2 Å². The minimum atomic E-state index is -0.480. The standard InChI is InChI=1S/C20H18N4O4/c1-14-6-9-16(10-7-14)20-21-18(28-22-20)13-23(2)19(25)11-8-15-4-3-5-17(12-15)24(26)27/h3-12H,13H2,1-2H3/b11-8+. The second-order valence-corrected chi connectivity index (χ2v) is 6.26. The van der Waals surface area contributed by atoms with Gasteiger partial charge < -0.3 is 9.42 Å². The van der Waals surface area contributed by atoms with E-state index in [2.05, 4.69) is 10.1 Å². The van der Waals surface area contributed by atoms with Crippen molar-refractivity contribution in [1.82, 2.24) is 15.0 Å². The second-order valence-electron chi connectivity index (χ2n) is 6.26. The van der Waals surface area contributed by atoms with Crippen LogP contribution in [0.25, 0.3) is 17.5 Å². The maximum atomic E-state index is 12.3. The van der Waals surface area contributed by atoms with Crippen molar-refractivity contribution in [3.05, 3.63) is 81.7 Å². The number of amides is 1. The van der Waals surface area contributed by atoms with Crippen molar-refractivity contribution in [2.45, 2.75) is 13.5 Å². The molecule has 142 valence electrons. The molecule has 0 spiro atoms. The maximum absolute atomic E-state index is 12.3. The summed E-state index contributed by atoms with van der Waals surface area (Å²) in [5.74, 6) is 0.486. The molecule has 0 N–H and O–H groups in total. The van der Waals surface area contributed by atoms with Crippen molar-refractivity contribution < 1.29 is 14.2 Å². The largest absolute Gasteiger partial charge is 0.337 e. The number of likely N-dealkylation sites (N-methyl/N-ethyl adjacent to an activating group) is 1. The summed E-state index contributed by atoms with van der Waals surface area (Å²) in [6, 6.07) is 13.8. The van der Waals surface area contributed by atoms with Gasteiger partial charge in [-0.15, -0.1) is 0 Å². The van der Waals surface area contributed by atoms with Crippen LogP contribution in [-0.2, 0) is 11.3 Å². The van der Waals surface area contributed by atoms with E-state index in [9.17, 15) is 14.9 Å². The zero-order valence-electron chi connectivity index (χ0n) is 15.4. The number of carbonyl (C=O) groups is 1. The van der Waals surface area contributed by atoms with E-state index in [0.29, 0.717) is 17.3 Å². The highest BCUT2D eigenvalue weighted by Gasteiger charge is 2.13. The van der Waals surface area contributed by atoms with Gasteiger partial charge in [-0.05, 0) is 18.6 Å². The molecule has 0 atom stereocenters. The molecule has 1 aromatic heterocycles. The third-order valence-corrected chi connectivity index (χ3v) is 4.03. The summed E-state index contributed by atoms with van der Waals surface area (Å²) >= 11 is 0. The molecular formula is C20H18N4O4. The predicted octanol–water partition coefficient (Wildman–Crippen LogP) is 3.63. The molecule has 0 aliphatic rings. The van der Waals surface area contributed by atoms with Crippen LogP contribution < -0.4 is 0 Å². The molecule has 0 bridgehead atoms. The Morgan fingerprint density at radius 3 is 2.71 bits per heavy atom. The fraction of sp³-hybridized carbons (Fsp3) is 0.150. The molecule has 0 aliphatic carbocycles. The highest BCUT2D eigenvalue weighted by Crippen LogP contribution is 2.17. The Balaban J connectivity index is 1.63. The summed E-state index contributed by atoms with van der Waals surface area (Å²) in [5.41, 5.74) is 2.50. The lowest BCUT2D eigenvalue weighted by Crippen LogP contribution is -2.24.